The van der Waals surface area contributed by atoms with Crippen LogP contribution in [0.5, 0.6) is 0 Å². The van der Waals surface area contributed by atoms with Crippen molar-refractivity contribution >= 4 is 0 Å². The number of aryl methyl sites for hydroxylation is 2. The summed E-state index contributed by atoms with van der Waals surface area (Å²) in [6.45, 7) is 6.95. The summed E-state index contributed by atoms with van der Waals surface area (Å²) in [7, 11) is 0. The molecule has 2 heterocycles. The Morgan fingerprint density at radius 2 is 1.78 bits per heavy atom. The maximum absolute atomic E-state index is 10.4. The summed E-state index contributed by atoms with van der Waals surface area (Å²) in [4.78, 5) is 0. The van der Waals surface area contributed by atoms with Crippen LogP contribution in [0.4, 0.5) is 0 Å². The molecule has 1 N–H and O–H groups in total. The first-order valence-corrected chi connectivity index (χ1v) is 9.04. The maximum atomic E-state index is 10.4. The van der Waals surface area contributed by atoms with Crippen molar-refractivity contribution < 1.29 is 14.6 Å². The highest BCUT2D eigenvalue weighted by molar-refractivity contribution is 5.34. The Balaban J connectivity index is 1.84. The van der Waals surface area contributed by atoms with Gasteiger partial charge in [-0.1, -0.05) is 42.2 Å². The summed E-state index contributed by atoms with van der Waals surface area (Å²) < 4.78 is 12.9. The van der Waals surface area contributed by atoms with Gasteiger partial charge in [-0.05, 0) is 45.6 Å². The average molecular weight is 316 g/mol. The molecule has 0 unspecified atom stereocenters. The highest BCUT2D eigenvalue weighted by Crippen LogP contribution is 2.67. The van der Waals surface area contributed by atoms with Crippen LogP contribution in [0, 0.1) is 19.3 Å². The van der Waals surface area contributed by atoms with Gasteiger partial charge in [0.15, 0.2) is 0 Å². The number of rotatable bonds is 2. The van der Waals surface area contributed by atoms with Crippen LogP contribution in [0.3, 0.4) is 0 Å². The Morgan fingerprint density at radius 3 is 2.48 bits per heavy atom. The van der Waals surface area contributed by atoms with Crippen LogP contribution in [0.25, 0.3) is 0 Å². The van der Waals surface area contributed by atoms with Gasteiger partial charge in [0.1, 0.15) is 11.7 Å². The van der Waals surface area contributed by atoms with Crippen molar-refractivity contribution in [3.05, 3.63) is 34.9 Å². The molecule has 126 valence electrons. The fourth-order valence-electron chi connectivity index (χ4n) is 5.70. The lowest BCUT2D eigenvalue weighted by Gasteiger charge is -2.46. The second kappa shape index (κ2) is 5.30. The number of benzene rings is 1. The zero-order valence-electron chi connectivity index (χ0n) is 14.5. The Kier molecular flexibility index (Phi) is 3.60. The topological polar surface area (TPSA) is 38.7 Å². The Hall–Kier alpha value is -0.900. The van der Waals surface area contributed by atoms with E-state index in [4.69, 9.17) is 9.47 Å². The third kappa shape index (κ3) is 2.06. The second-order valence-electron chi connectivity index (χ2n) is 7.95. The lowest BCUT2D eigenvalue weighted by molar-refractivity contribution is -0.135. The number of ether oxygens (including phenoxy) is 2. The first kappa shape index (κ1) is 15.6. The molecule has 5 atom stereocenters. The predicted molar refractivity (Wildman–Crippen MR) is 89.4 cm³/mol. The summed E-state index contributed by atoms with van der Waals surface area (Å²) in [6, 6.07) is 6.73. The van der Waals surface area contributed by atoms with E-state index in [0.29, 0.717) is 0 Å². The van der Waals surface area contributed by atoms with Crippen LogP contribution >= 0.6 is 0 Å². The van der Waals surface area contributed by atoms with E-state index < -0.39 is 6.10 Å². The molecule has 2 saturated heterocycles. The fourth-order valence-corrected chi connectivity index (χ4v) is 5.70. The van der Waals surface area contributed by atoms with Crippen LogP contribution in [0.1, 0.15) is 61.8 Å². The average Bonchev–Trinajstić information content (AvgIpc) is 2.99. The van der Waals surface area contributed by atoms with E-state index in [2.05, 4.69) is 32.0 Å². The first-order chi connectivity index (χ1) is 11.0. The van der Waals surface area contributed by atoms with Crippen LogP contribution in [0.15, 0.2) is 18.2 Å². The van der Waals surface area contributed by atoms with Crippen molar-refractivity contribution in [2.45, 2.75) is 76.8 Å². The van der Waals surface area contributed by atoms with Gasteiger partial charge >= 0.3 is 0 Å². The number of hydrogen-bond donors (Lipinski definition) is 1. The van der Waals surface area contributed by atoms with Crippen LogP contribution in [-0.2, 0) is 9.47 Å². The van der Waals surface area contributed by atoms with Crippen molar-refractivity contribution in [3.63, 3.8) is 0 Å². The number of aliphatic hydroxyl groups excluding tert-OH is 1. The van der Waals surface area contributed by atoms with E-state index in [-0.39, 0.29) is 23.2 Å². The molecule has 0 radical (unpaired) electrons. The molecule has 3 aliphatic rings. The summed E-state index contributed by atoms with van der Waals surface area (Å²) in [5.74, 6) is 0. The highest BCUT2D eigenvalue weighted by atomic mass is 16.6. The van der Waals surface area contributed by atoms with Crippen molar-refractivity contribution in [3.8, 4) is 0 Å². The van der Waals surface area contributed by atoms with Gasteiger partial charge in [-0.15, -0.1) is 0 Å². The third-order valence-corrected chi connectivity index (χ3v) is 6.40. The van der Waals surface area contributed by atoms with Gasteiger partial charge in [0, 0.05) is 12.0 Å². The molecule has 2 aliphatic heterocycles. The monoisotopic (exact) mass is 316 g/mol. The van der Waals surface area contributed by atoms with E-state index in [0.717, 1.165) is 25.9 Å². The largest absolute Gasteiger partial charge is 0.391 e. The SMILES string of the molecule is Cc1cc(C)cc([C@H]2O[C@@H]([C@@H](C)O)[C@]34CCCC[C@]23CCO4)c1. The molecule has 4 rings (SSSR count). The summed E-state index contributed by atoms with van der Waals surface area (Å²) >= 11 is 0. The molecule has 3 fully saturated rings. The minimum Gasteiger partial charge on any atom is -0.391 e. The standard InChI is InChI=1S/C20H28O3/c1-13-10-14(2)12-16(11-13)18-19-6-4-5-7-20(19,22-9-8-19)17(23-18)15(3)21/h10-12,15,17-18,21H,4-9H2,1-3H3/t15-,17+,18-,19+,20-/m1/s1. The van der Waals surface area contributed by atoms with Crippen LogP contribution in [0.2, 0.25) is 0 Å². The molecule has 3 nitrogen and oxygen atoms in total. The van der Waals surface area contributed by atoms with Crippen LogP contribution in [-0.4, -0.2) is 29.5 Å². The van der Waals surface area contributed by atoms with E-state index in [1.54, 1.807) is 0 Å². The zero-order chi connectivity index (χ0) is 16.2. The van der Waals surface area contributed by atoms with Gasteiger partial charge in [0.05, 0.1) is 12.2 Å². The quantitative estimate of drug-likeness (QED) is 0.901. The van der Waals surface area contributed by atoms with Crippen molar-refractivity contribution in [2.75, 3.05) is 6.61 Å². The minimum absolute atomic E-state index is 0.0349. The van der Waals surface area contributed by atoms with Gasteiger partial charge in [-0.25, -0.2) is 0 Å². The van der Waals surface area contributed by atoms with Gasteiger partial charge in [-0.3, -0.25) is 0 Å². The first-order valence-electron chi connectivity index (χ1n) is 9.04. The van der Waals surface area contributed by atoms with Gasteiger partial charge in [0.2, 0.25) is 0 Å². The fraction of sp³-hybridized carbons (Fsp3) is 0.700. The lowest BCUT2D eigenvalue weighted by atomic mass is 9.58. The Morgan fingerprint density at radius 1 is 1.09 bits per heavy atom. The normalized spacial score (nSPS) is 40.7. The van der Waals surface area contributed by atoms with Crippen molar-refractivity contribution in [2.24, 2.45) is 5.41 Å². The summed E-state index contributed by atoms with van der Waals surface area (Å²) in [5.41, 5.74) is 3.57. The maximum Gasteiger partial charge on any atom is 0.113 e. The molecule has 0 spiro atoms. The molecule has 3 heteroatoms. The van der Waals surface area contributed by atoms with E-state index in [1.807, 2.05) is 6.92 Å². The third-order valence-electron chi connectivity index (χ3n) is 6.40. The molecule has 0 amide bonds. The molecule has 1 saturated carbocycles. The van der Waals surface area contributed by atoms with Crippen molar-refractivity contribution in [1.29, 1.82) is 0 Å². The molecule has 23 heavy (non-hydrogen) atoms. The smallest absolute Gasteiger partial charge is 0.113 e. The second-order valence-corrected chi connectivity index (χ2v) is 7.95. The van der Waals surface area contributed by atoms with Gasteiger partial charge < -0.3 is 14.6 Å². The summed E-state index contributed by atoms with van der Waals surface area (Å²) in [5, 5.41) is 10.4. The van der Waals surface area contributed by atoms with Gasteiger partial charge in [0.25, 0.3) is 0 Å². The molecule has 0 aromatic heterocycles. The van der Waals surface area contributed by atoms with E-state index >= 15 is 0 Å². The zero-order valence-corrected chi connectivity index (χ0v) is 14.5. The van der Waals surface area contributed by atoms with E-state index in [9.17, 15) is 5.11 Å². The summed E-state index contributed by atoms with van der Waals surface area (Å²) in [6.07, 6.45) is 4.96. The van der Waals surface area contributed by atoms with Crippen LogP contribution < -0.4 is 0 Å². The Bertz CT molecular complexity index is 591. The van der Waals surface area contributed by atoms with Crippen molar-refractivity contribution in [1.82, 2.24) is 0 Å². The number of aliphatic hydroxyl groups is 1. The molecule has 1 aromatic rings. The highest BCUT2D eigenvalue weighted by Gasteiger charge is 2.71. The lowest BCUT2D eigenvalue weighted by Crippen LogP contribution is -2.54. The molecule has 1 aromatic carbocycles. The Labute approximate surface area is 139 Å². The molecule has 0 bridgehead atoms. The number of hydrogen-bond acceptors (Lipinski definition) is 3. The molecular formula is C20H28O3. The molecular weight excluding hydrogens is 288 g/mol. The minimum atomic E-state index is -0.499. The van der Waals surface area contributed by atoms with E-state index in [1.165, 1.54) is 29.5 Å². The predicted octanol–water partition coefficient (Wildman–Crippen LogP) is 3.84. The van der Waals surface area contributed by atoms with Gasteiger partial charge in [-0.2, -0.15) is 0 Å². The molecule has 1 aliphatic carbocycles.